The number of amides is 3. The van der Waals surface area contributed by atoms with Crippen molar-refractivity contribution in [2.24, 2.45) is 0 Å². The number of benzene rings is 3. The number of imide groups is 3. The molecular formula is C32H28N2O9. The van der Waals surface area contributed by atoms with Gasteiger partial charge in [-0.05, 0) is 48.5 Å². The van der Waals surface area contributed by atoms with Crippen LogP contribution in [0.1, 0.15) is 41.4 Å². The van der Waals surface area contributed by atoms with Crippen LogP contribution in [0.4, 0.5) is 0 Å². The molecule has 0 radical (unpaired) electrons. The molecule has 3 amide bonds. The standard InChI is InChI=1S/C20H14N2O3.C12H14O6/c23-18(15-8-3-1-4-9-15)22(19(24)16-10-5-2-6-11-16)20(25)17-12-7-13-21-14-17;13-6-8-9(14)10(12(16)17-8)18-11(15)7-4-2-1-3-5-7/h1-14H;1-5,8-10,12-14,16H,6H2/t;8-,9-,10-,12?/m.1/s1. The van der Waals surface area contributed by atoms with E-state index in [1.165, 1.54) is 18.5 Å². The molecule has 0 spiro atoms. The molecule has 1 fully saturated rings. The second-order valence-electron chi connectivity index (χ2n) is 9.20. The Bertz CT molecular complexity index is 1400. The van der Waals surface area contributed by atoms with E-state index in [0.717, 1.165) is 0 Å². The lowest BCUT2D eigenvalue weighted by atomic mass is 10.1. The number of nitrogens with zero attached hydrogens (tertiary/aromatic N) is 2. The van der Waals surface area contributed by atoms with Crippen LogP contribution in [0, 0.1) is 0 Å². The van der Waals surface area contributed by atoms with E-state index in [1.54, 1.807) is 97.1 Å². The highest BCUT2D eigenvalue weighted by Crippen LogP contribution is 2.23. The molecular weight excluding hydrogens is 556 g/mol. The van der Waals surface area contributed by atoms with Gasteiger partial charge in [0.2, 0.25) is 0 Å². The van der Waals surface area contributed by atoms with E-state index < -0.39 is 54.9 Å². The third-order valence-corrected chi connectivity index (χ3v) is 6.30. The average molecular weight is 585 g/mol. The monoisotopic (exact) mass is 584 g/mol. The Kier molecular flexibility index (Phi) is 10.6. The molecule has 1 aliphatic heterocycles. The zero-order valence-corrected chi connectivity index (χ0v) is 22.7. The van der Waals surface area contributed by atoms with E-state index in [-0.39, 0.29) is 16.7 Å². The molecule has 3 N–H and O–H groups in total. The summed E-state index contributed by atoms with van der Waals surface area (Å²) in [5.74, 6) is -2.73. The first-order chi connectivity index (χ1) is 20.8. The smallest absolute Gasteiger partial charge is 0.338 e. The van der Waals surface area contributed by atoms with Gasteiger partial charge in [-0.2, -0.15) is 0 Å². The summed E-state index contributed by atoms with van der Waals surface area (Å²) in [4.78, 5) is 54.8. The van der Waals surface area contributed by atoms with Gasteiger partial charge >= 0.3 is 5.97 Å². The maximum atomic E-state index is 12.8. The summed E-state index contributed by atoms with van der Waals surface area (Å²) in [7, 11) is 0. The topological polar surface area (TPSA) is 164 Å². The summed E-state index contributed by atoms with van der Waals surface area (Å²) < 4.78 is 9.83. The summed E-state index contributed by atoms with van der Waals surface area (Å²) in [5, 5.41) is 28.1. The molecule has 2 heterocycles. The Hall–Kier alpha value is -5.07. The molecule has 1 aromatic heterocycles. The van der Waals surface area contributed by atoms with Gasteiger partial charge in [0.15, 0.2) is 12.4 Å². The molecule has 0 aliphatic carbocycles. The molecule has 220 valence electrons. The molecule has 5 rings (SSSR count). The van der Waals surface area contributed by atoms with Crippen LogP contribution in [-0.2, 0) is 9.47 Å². The summed E-state index contributed by atoms with van der Waals surface area (Å²) in [6.07, 6.45) is -2.00. The van der Waals surface area contributed by atoms with Gasteiger partial charge in [0.1, 0.15) is 12.2 Å². The van der Waals surface area contributed by atoms with Crippen molar-refractivity contribution in [3.63, 3.8) is 0 Å². The van der Waals surface area contributed by atoms with E-state index >= 15 is 0 Å². The van der Waals surface area contributed by atoms with Crippen molar-refractivity contribution < 1.29 is 44.0 Å². The molecule has 1 unspecified atom stereocenters. The van der Waals surface area contributed by atoms with Crippen LogP contribution in [-0.4, -0.2) is 80.1 Å². The molecule has 43 heavy (non-hydrogen) atoms. The van der Waals surface area contributed by atoms with Gasteiger partial charge < -0.3 is 24.8 Å². The number of carbonyl (C=O) groups is 4. The number of aliphatic hydroxyl groups is 3. The number of hydrogen-bond donors (Lipinski definition) is 3. The van der Waals surface area contributed by atoms with Gasteiger partial charge in [0, 0.05) is 23.5 Å². The maximum Gasteiger partial charge on any atom is 0.338 e. The quantitative estimate of drug-likeness (QED) is 0.227. The van der Waals surface area contributed by atoms with Crippen molar-refractivity contribution >= 4 is 23.7 Å². The SMILES string of the molecule is O=C(O[C@H]1C(O)O[C@H](CO)[C@H]1O)c1ccccc1.O=C(c1ccccc1)N(C(=O)c1ccccc1)C(=O)c1cccnc1. The van der Waals surface area contributed by atoms with Gasteiger partial charge in [-0.3, -0.25) is 19.4 Å². The lowest BCUT2D eigenvalue weighted by Gasteiger charge is -2.19. The number of aromatic nitrogens is 1. The van der Waals surface area contributed by atoms with E-state index in [1.807, 2.05) is 0 Å². The Morgan fingerprint density at radius 2 is 1.16 bits per heavy atom. The van der Waals surface area contributed by atoms with Crippen molar-refractivity contribution in [2.45, 2.75) is 24.6 Å². The third kappa shape index (κ3) is 7.61. The fourth-order valence-electron chi connectivity index (χ4n) is 4.08. The zero-order valence-electron chi connectivity index (χ0n) is 22.7. The molecule has 3 aromatic carbocycles. The van der Waals surface area contributed by atoms with Crippen LogP contribution >= 0.6 is 0 Å². The average Bonchev–Trinajstić information content (AvgIpc) is 3.34. The number of rotatable bonds is 6. The zero-order chi connectivity index (χ0) is 30.8. The molecule has 11 heteroatoms. The molecule has 1 aliphatic rings. The lowest BCUT2D eigenvalue weighted by molar-refractivity contribution is -0.135. The molecule has 11 nitrogen and oxygen atoms in total. The highest BCUT2D eigenvalue weighted by atomic mass is 16.7. The van der Waals surface area contributed by atoms with Crippen molar-refractivity contribution in [2.75, 3.05) is 6.61 Å². The van der Waals surface area contributed by atoms with Gasteiger partial charge in [-0.1, -0.05) is 54.6 Å². The normalized spacial score (nSPS) is 19.0. The number of hydrogen-bond acceptors (Lipinski definition) is 10. The van der Waals surface area contributed by atoms with Crippen molar-refractivity contribution in [1.29, 1.82) is 0 Å². The molecule has 4 aromatic rings. The molecule has 0 saturated carbocycles. The summed E-state index contributed by atoms with van der Waals surface area (Å²) >= 11 is 0. The summed E-state index contributed by atoms with van der Waals surface area (Å²) in [6.45, 7) is -0.461. The van der Waals surface area contributed by atoms with Crippen LogP contribution in [0.2, 0.25) is 0 Å². The number of ether oxygens (including phenoxy) is 2. The van der Waals surface area contributed by atoms with Crippen molar-refractivity contribution in [1.82, 2.24) is 9.88 Å². The number of carbonyl (C=O) groups excluding carboxylic acids is 4. The van der Waals surface area contributed by atoms with E-state index in [4.69, 9.17) is 14.6 Å². The summed E-state index contributed by atoms with van der Waals surface area (Å²) in [5.41, 5.74) is 0.980. The van der Waals surface area contributed by atoms with E-state index in [2.05, 4.69) is 4.98 Å². The fraction of sp³-hybridized carbons (Fsp3) is 0.156. The summed E-state index contributed by atoms with van der Waals surface area (Å²) in [6, 6.07) is 27.7. The molecule has 4 atom stereocenters. The Morgan fingerprint density at radius 1 is 0.698 bits per heavy atom. The lowest BCUT2D eigenvalue weighted by Crippen LogP contribution is -2.42. The van der Waals surface area contributed by atoms with Gasteiger partial charge in [-0.25, -0.2) is 9.69 Å². The third-order valence-electron chi connectivity index (χ3n) is 6.30. The highest BCUT2D eigenvalue weighted by molar-refractivity contribution is 6.23. The van der Waals surface area contributed by atoms with Crippen molar-refractivity contribution in [3.8, 4) is 0 Å². The van der Waals surface area contributed by atoms with Crippen LogP contribution in [0.3, 0.4) is 0 Å². The first-order valence-electron chi connectivity index (χ1n) is 13.1. The largest absolute Gasteiger partial charge is 0.450 e. The van der Waals surface area contributed by atoms with Crippen LogP contribution < -0.4 is 0 Å². The highest BCUT2D eigenvalue weighted by Gasteiger charge is 2.45. The predicted molar refractivity (Wildman–Crippen MR) is 152 cm³/mol. The Labute approximate surface area is 246 Å². The second-order valence-corrected chi connectivity index (χ2v) is 9.20. The minimum atomic E-state index is -1.44. The van der Waals surface area contributed by atoms with Crippen molar-refractivity contribution in [3.05, 3.63) is 138 Å². The fourth-order valence-corrected chi connectivity index (χ4v) is 4.08. The predicted octanol–water partition coefficient (Wildman–Crippen LogP) is 2.49. The maximum absolute atomic E-state index is 12.8. The first kappa shape index (κ1) is 30.9. The first-order valence-corrected chi connectivity index (χ1v) is 13.1. The minimum absolute atomic E-state index is 0.163. The van der Waals surface area contributed by atoms with Gasteiger partial charge in [-0.15, -0.1) is 0 Å². The van der Waals surface area contributed by atoms with E-state index in [0.29, 0.717) is 10.5 Å². The number of aliphatic hydroxyl groups excluding tert-OH is 3. The van der Waals surface area contributed by atoms with Crippen LogP contribution in [0.5, 0.6) is 0 Å². The minimum Gasteiger partial charge on any atom is -0.450 e. The van der Waals surface area contributed by atoms with Gasteiger partial charge in [0.05, 0.1) is 17.7 Å². The van der Waals surface area contributed by atoms with E-state index in [9.17, 15) is 29.4 Å². The van der Waals surface area contributed by atoms with Crippen LogP contribution in [0.15, 0.2) is 116 Å². The number of pyridine rings is 1. The Balaban J connectivity index is 0.000000208. The number of esters is 1. The van der Waals surface area contributed by atoms with Gasteiger partial charge in [0.25, 0.3) is 17.7 Å². The second kappa shape index (κ2) is 14.7. The Morgan fingerprint density at radius 3 is 1.60 bits per heavy atom. The molecule has 1 saturated heterocycles. The molecule has 0 bridgehead atoms. The van der Waals surface area contributed by atoms with Crippen LogP contribution in [0.25, 0.3) is 0 Å².